The number of benzene rings is 5. The molecule has 51 heavy (non-hydrogen) atoms. The Labute approximate surface area is 297 Å². The van der Waals surface area contributed by atoms with E-state index in [0.717, 1.165) is 38.6 Å². The summed E-state index contributed by atoms with van der Waals surface area (Å²) in [4.78, 5) is 23.4. The second-order valence-electron chi connectivity index (χ2n) is 12.7. The third kappa shape index (κ3) is 7.15. The molecular formula is C43H40O8. The summed E-state index contributed by atoms with van der Waals surface area (Å²) in [5.41, 5.74) is 6.41. The number of carbonyl (C=O) groups is 2. The standard InChI is InChI=1S/C43H40O8/c1-27(2)41(46)50-25-32(44)23-48-34-18-14-30(15-19-34)43(31-16-20-35(21-17-31)49-24-33(45)26-51-42(47)28(3)4)38-12-8-7-11-37(38)40-36-10-6-5-9-29(36)13-22-39(40)43/h5-22,32-33,44-45H,1,3,23-26H2,2,4H3. The summed E-state index contributed by atoms with van der Waals surface area (Å²) >= 11 is 0. The molecule has 0 fully saturated rings. The van der Waals surface area contributed by atoms with Gasteiger partial charge in [0.05, 0.1) is 5.41 Å². The van der Waals surface area contributed by atoms with Crippen molar-refractivity contribution in [3.8, 4) is 22.6 Å². The minimum Gasteiger partial charge on any atom is -0.491 e. The number of rotatable bonds is 14. The van der Waals surface area contributed by atoms with Crippen LogP contribution >= 0.6 is 0 Å². The predicted molar refractivity (Wildman–Crippen MR) is 196 cm³/mol. The van der Waals surface area contributed by atoms with E-state index in [1.54, 1.807) is 13.8 Å². The molecule has 8 nitrogen and oxygen atoms in total. The average molecular weight is 685 g/mol. The Morgan fingerprint density at radius 3 is 1.63 bits per heavy atom. The zero-order valence-corrected chi connectivity index (χ0v) is 28.6. The second-order valence-corrected chi connectivity index (χ2v) is 12.7. The highest BCUT2D eigenvalue weighted by Gasteiger charge is 2.46. The zero-order valence-electron chi connectivity index (χ0n) is 28.6. The molecule has 2 N–H and O–H groups in total. The van der Waals surface area contributed by atoms with Crippen molar-refractivity contribution in [1.29, 1.82) is 0 Å². The number of hydrogen-bond donors (Lipinski definition) is 2. The lowest BCUT2D eigenvalue weighted by Crippen LogP contribution is -2.29. The topological polar surface area (TPSA) is 112 Å². The van der Waals surface area contributed by atoms with Gasteiger partial charge in [-0.05, 0) is 82.3 Å². The van der Waals surface area contributed by atoms with Crippen LogP contribution in [-0.4, -0.2) is 60.8 Å². The van der Waals surface area contributed by atoms with Gasteiger partial charge < -0.3 is 29.2 Å². The van der Waals surface area contributed by atoms with Crippen LogP contribution in [0.4, 0.5) is 0 Å². The van der Waals surface area contributed by atoms with Crippen molar-refractivity contribution in [2.75, 3.05) is 26.4 Å². The maximum Gasteiger partial charge on any atom is 0.333 e. The van der Waals surface area contributed by atoms with Crippen LogP contribution in [0.3, 0.4) is 0 Å². The van der Waals surface area contributed by atoms with E-state index >= 15 is 0 Å². The minimum absolute atomic E-state index is 0.0574. The Balaban J connectivity index is 1.34. The van der Waals surface area contributed by atoms with Gasteiger partial charge in [0.1, 0.15) is 50.1 Å². The molecule has 8 heteroatoms. The van der Waals surface area contributed by atoms with Crippen molar-refractivity contribution in [2.45, 2.75) is 31.5 Å². The molecule has 1 aliphatic carbocycles. The first-order valence-corrected chi connectivity index (χ1v) is 16.7. The summed E-state index contributed by atoms with van der Waals surface area (Å²) in [5.74, 6) is -0.0133. The van der Waals surface area contributed by atoms with Crippen LogP contribution in [0, 0.1) is 0 Å². The summed E-state index contributed by atoms with van der Waals surface area (Å²) in [7, 11) is 0. The van der Waals surface area contributed by atoms with E-state index in [1.807, 2.05) is 54.6 Å². The summed E-state index contributed by atoms with van der Waals surface area (Å²) in [6, 6.07) is 36.9. The molecule has 2 atom stereocenters. The quantitative estimate of drug-likeness (QED) is 0.0940. The number of ether oxygens (including phenoxy) is 4. The van der Waals surface area contributed by atoms with Crippen molar-refractivity contribution < 1.29 is 38.7 Å². The number of aliphatic hydroxyl groups excluding tert-OH is 2. The molecule has 0 spiro atoms. The molecule has 0 radical (unpaired) electrons. The van der Waals surface area contributed by atoms with Crippen LogP contribution in [0.5, 0.6) is 11.5 Å². The van der Waals surface area contributed by atoms with E-state index in [9.17, 15) is 19.8 Å². The van der Waals surface area contributed by atoms with Gasteiger partial charge in [-0.1, -0.05) is 98.1 Å². The third-order valence-electron chi connectivity index (χ3n) is 8.90. The first-order chi connectivity index (χ1) is 24.6. The van der Waals surface area contributed by atoms with Gasteiger partial charge >= 0.3 is 11.9 Å². The predicted octanol–water partition coefficient (Wildman–Crippen LogP) is 6.92. The monoisotopic (exact) mass is 684 g/mol. The Morgan fingerprint density at radius 1 is 0.608 bits per heavy atom. The number of fused-ring (bicyclic) bond motifs is 5. The highest BCUT2D eigenvalue weighted by atomic mass is 16.6. The summed E-state index contributed by atoms with van der Waals surface area (Å²) in [6.07, 6.45) is -2.01. The first kappa shape index (κ1) is 35.1. The molecule has 0 aromatic heterocycles. The van der Waals surface area contributed by atoms with E-state index in [0.29, 0.717) is 11.5 Å². The average Bonchev–Trinajstić information content (AvgIpc) is 3.46. The Hall–Kier alpha value is -5.70. The fraction of sp³-hybridized carbons (Fsp3) is 0.209. The lowest BCUT2D eigenvalue weighted by Gasteiger charge is -2.34. The Kier molecular flexibility index (Phi) is 10.4. The van der Waals surface area contributed by atoms with Gasteiger partial charge in [-0.25, -0.2) is 9.59 Å². The summed E-state index contributed by atoms with van der Waals surface area (Å²) in [6.45, 7) is 9.69. The van der Waals surface area contributed by atoms with Gasteiger partial charge in [0.2, 0.25) is 0 Å². The molecular weight excluding hydrogens is 644 g/mol. The molecule has 0 saturated heterocycles. The highest BCUT2D eigenvalue weighted by Crippen LogP contribution is 2.57. The maximum absolute atomic E-state index is 11.7. The largest absolute Gasteiger partial charge is 0.491 e. The molecule has 0 heterocycles. The first-order valence-electron chi connectivity index (χ1n) is 16.7. The molecule has 6 rings (SSSR count). The highest BCUT2D eigenvalue weighted by molar-refractivity contribution is 6.04. The smallest absolute Gasteiger partial charge is 0.333 e. The van der Waals surface area contributed by atoms with Gasteiger partial charge in [0, 0.05) is 11.1 Å². The van der Waals surface area contributed by atoms with E-state index < -0.39 is 29.6 Å². The van der Waals surface area contributed by atoms with Crippen LogP contribution in [0.15, 0.2) is 133 Å². The van der Waals surface area contributed by atoms with Crippen molar-refractivity contribution in [1.82, 2.24) is 0 Å². The molecule has 0 saturated carbocycles. The zero-order chi connectivity index (χ0) is 36.1. The Bertz CT molecular complexity index is 2000. The van der Waals surface area contributed by atoms with E-state index in [-0.39, 0.29) is 37.6 Å². The lowest BCUT2D eigenvalue weighted by atomic mass is 9.67. The number of carbonyl (C=O) groups excluding carboxylic acids is 2. The second kappa shape index (κ2) is 15.0. The van der Waals surface area contributed by atoms with Crippen LogP contribution < -0.4 is 9.47 Å². The number of hydrogen-bond acceptors (Lipinski definition) is 8. The molecule has 0 aliphatic heterocycles. The van der Waals surface area contributed by atoms with Crippen molar-refractivity contribution in [3.63, 3.8) is 0 Å². The molecule has 1 aliphatic rings. The van der Waals surface area contributed by atoms with Gasteiger partial charge in [-0.15, -0.1) is 0 Å². The van der Waals surface area contributed by atoms with E-state index in [4.69, 9.17) is 18.9 Å². The third-order valence-corrected chi connectivity index (χ3v) is 8.90. The van der Waals surface area contributed by atoms with E-state index in [2.05, 4.69) is 67.8 Å². The van der Waals surface area contributed by atoms with Crippen LogP contribution in [0.2, 0.25) is 0 Å². The van der Waals surface area contributed by atoms with Gasteiger partial charge in [-0.3, -0.25) is 0 Å². The molecule has 0 bridgehead atoms. The van der Waals surface area contributed by atoms with Crippen LogP contribution in [-0.2, 0) is 24.5 Å². The van der Waals surface area contributed by atoms with Crippen LogP contribution in [0.1, 0.15) is 36.1 Å². The summed E-state index contributed by atoms with van der Waals surface area (Å²) < 4.78 is 21.9. The SMILES string of the molecule is C=C(C)C(=O)OCC(O)COc1ccc(C2(c3ccc(OCC(O)COC(=O)C(=C)C)cc3)c3ccccc3-c3c2ccc2ccccc32)cc1. The number of esters is 2. The Morgan fingerprint density at radius 2 is 1.10 bits per heavy atom. The van der Waals surface area contributed by atoms with Gasteiger partial charge in [0.15, 0.2) is 0 Å². The normalized spacial score (nSPS) is 15.6. The van der Waals surface area contributed by atoms with Gasteiger partial charge in [0.25, 0.3) is 0 Å². The fourth-order valence-corrected chi connectivity index (χ4v) is 6.51. The van der Waals surface area contributed by atoms with Crippen molar-refractivity contribution in [3.05, 3.63) is 156 Å². The lowest BCUT2D eigenvalue weighted by molar-refractivity contribution is -0.143. The fourth-order valence-electron chi connectivity index (χ4n) is 6.51. The molecule has 5 aromatic rings. The maximum atomic E-state index is 11.7. The molecule has 0 amide bonds. The van der Waals surface area contributed by atoms with Crippen LogP contribution in [0.25, 0.3) is 21.9 Å². The van der Waals surface area contributed by atoms with Gasteiger partial charge in [-0.2, -0.15) is 0 Å². The summed E-state index contributed by atoms with van der Waals surface area (Å²) in [5, 5.41) is 23.0. The van der Waals surface area contributed by atoms with Crippen molar-refractivity contribution >= 4 is 22.7 Å². The molecule has 260 valence electrons. The van der Waals surface area contributed by atoms with Crippen molar-refractivity contribution in [2.24, 2.45) is 0 Å². The van der Waals surface area contributed by atoms with E-state index in [1.165, 1.54) is 5.56 Å². The molecule has 5 aromatic carbocycles. The molecule has 2 unspecified atom stereocenters. The number of aliphatic hydroxyl groups is 2. The minimum atomic E-state index is -1.01.